The van der Waals surface area contributed by atoms with E-state index >= 15 is 0 Å². The Morgan fingerprint density at radius 1 is 1.24 bits per heavy atom. The number of nitrogen functional groups attached to an aromatic ring is 1. The van der Waals surface area contributed by atoms with Crippen LogP contribution in [0.4, 0.5) is 10.8 Å². The van der Waals surface area contributed by atoms with Gasteiger partial charge in [-0.2, -0.15) is 4.37 Å². The van der Waals surface area contributed by atoms with E-state index in [1.807, 2.05) is 0 Å². The molecule has 2 aliphatic rings. The molecule has 2 saturated carbocycles. The van der Waals surface area contributed by atoms with E-state index in [1.54, 1.807) is 0 Å². The van der Waals surface area contributed by atoms with Crippen LogP contribution in [0.2, 0.25) is 0 Å². The van der Waals surface area contributed by atoms with Crippen LogP contribution in [-0.2, 0) is 9.84 Å². The van der Waals surface area contributed by atoms with Crippen molar-refractivity contribution >= 4 is 32.2 Å². The van der Waals surface area contributed by atoms with E-state index in [9.17, 15) is 8.42 Å². The van der Waals surface area contributed by atoms with Crippen LogP contribution in [0.5, 0.6) is 0 Å². The first kappa shape index (κ1) is 15.1. The largest absolute Gasteiger partial charge is 0.382 e. The number of aromatic nitrogens is 1. The van der Waals surface area contributed by atoms with Crippen molar-refractivity contribution < 1.29 is 8.42 Å². The van der Waals surface area contributed by atoms with Gasteiger partial charge in [-0.05, 0) is 42.6 Å². The summed E-state index contributed by atoms with van der Waals surface area (Å²) in [6.45, 7) is 4.50. The molecule has 0 bridgehead atoms. The van der Waals surface area contributed by atoms with Crippen molar-refractivity contribution in [1.29, 1.82) is 0 Å². The van der Waals surface area contributed by atoms with Crippen LogP contribution in [0.1, 0.15) is 46.0 Å². The van der Waals surface area contributed by atoms with Crippen molar-refractivity contribution in [1.82, 2.24) is 4.37 Å². The lowest BCUT2D eigenvalue weighted by Crippen LogP contribution is -2.35. The smallest absolute Gasteiger partial charge is 0.187 e. The Bertz CT molecular complexity index is 622. The molecule has 118 valence electrons. The van der Waals surface area contributed by atoms with Crippen LogP contribution in [0, 0.1) is 11.8 Å². The molecule has 2 aliphatic carbocycles. The van der Waals surface area contributed by atoms with Gasteiger partial charge in [-0.1, -0.05) is 26.7 Å². The fourth-order valence-corrected chi connectivity index (χ4v) is 6.10. The van der Waals surface area contributed by atoms with Crippen molar-refractivity contribution in [3.8, 4) is 0 Å². The number of nitrogens with zero attached hydrogens (tertiary/aromatic N) is 1. The van der Waals surface area contributed by atoms with Gasteiger partial charge in [-0.15, -0.1) is 0 Å². The SMILES string of the molecule is CC1CCCC(Nc2snc(N)c2S(=O)(=O)C2CC2)C1C. The highest BCUT2D eigenvalue weighted by Gasteiger charge is 2.41. The van der Waals surface area contributed by atoms with Crippen LogP contribution in [0.3, 0.4) is 0 Å². The van der Waals surface area contributed by atoms with Crippen LogP contribution < -0.4 is 11.1 Å². The van der Waals surface area contributed by atoms with Crippen molar-refractivity contribution in [2.45, 2.75) is 62.1 Å². The second kappa shape index (κ2) is 5.43. The van der Waals surface area contributed by atoms with Crippen LogP contribution in [-0.4, -0.2) is 24.1 Å². The summed E-state index contributed by atoms with van der Waals surface area (Å²) in [5.41, 5.74) is 5.84. The molecule has 3 rings (SSSR count). The lowest BCUT2D eigenvalue weighted by molar-refractivity contribution is 0.253. The highest BCUT2D eigenvalue weighted by atomic mass is 32.2. The van der Waals surface area contributed by atoms with Crippen LogP contribution in [0.15, 0.2) is 4.90 Å². The van der Waals surface area contributed by atoms with E-state index < -0.39 is 9.84 Å². The molecule has 3 unspecified atom stereocenters. The van der Waals surface area contributed by atoms with Gasteiger partial charge in [0.1, 0.15) is 9.90 Å². The van der Waals surface area contributed by atoms with Gasteiger partial charge in [-0.25, -0.2) is 8.42 Å². The maximum absolute atomic E-state index is 12.5. The molecule has 1 aromatic rings. The summed E-state index contributed by atoms with van der Waals surface area (Å²) in [6.07, 6.45) is 4.99. The van der Waals surface area contributed by atoms with Crippen molar-refractivity contribution in [2.75, 3.05) is 11.1 Å². The Morgan fingerprint density at radius 3 is 2.62 bits per heavy atom. The van der Waals surface area contributed by atoms with E-state index in [1.165, 1.54) is 24.4 Å². The monoisotopic (exact) mass is 329 g/mol. The highest BCUT2D eigenvalue weighted by molar-refractivity contribution is 7.92. The van der Waals surface area contributed by atoms with E-state index in [4.69, 9.17) is 5.73 Å². The van der Waals surface area contributed by atoms with Crippen LogP contribution >= 0.6 is 11.5 Å². The average molecular weight is 329 g/mol. The van der Waals surface area contributed by atoms with Gasteiger partial charge in [0.25, 0.3) is 0 Å². The molecule has 0 radical (unpaired) electrons. The number of hydrogen-bond acceptors (Lipinski definition) is 6. The van der Waals surface area contributed by atoms with E-state index in [-0.39, 0.29) is 16.0 Å². The molecular formula is C14H23N3O2S2. The van der Waals surface area contributed by atoms with Gasteiger partial charge in [0.05, 0.1) is 5.25 Å². The molecule has 0 aliphatic heterocycles. The molecule has 0 amide bonds. The zero-order chi connectivity index (χ0) is 15.2. The number of nitrogens with one attached hydrogen (secondary N) is 1. The van der Waals surface area contributed by atoms with Gasteiger partial charge in [-0.3, -0.25) is 0 Å². The third-order valence-electron chi connectivity index (χ3n) is 4.95. The maximum Gasteiger partial charge on any atom is 0.187 e. The summed E-state index contributed by atoms with van der Waals surface area (Å²) < 4.78 is 29.1. The average Bonchev–Trinajstić information content (AvgIpc) is 3.21. The normalized spacial score (nSPS) is 30.3. The zero-order valence-electron chi connectivity index (χ0n) is 12.5. The molecule has 0 saturated heterocycles. The van der Waals surface area contributed by atoms with Gasteiger partial charge in [0.15, 0.2) is 15.7 Å². The summed E-state index contributed by atoms with van der Waals surface area (Å²) in [5.74, 6) is 1.34. The molecule has 1 aromatic heterocycles. The maximum atomic E-state index is 12.5. The number of hydrogen-bond donors (Lipinski definition) is 2. The van der Waals surface area contributed by atoms with Gasteiger partial charge >= 0.3 is 0 Å². The Labute approximate surface area is 130 Å². The quantitative estimate of drug-likeness (QED) is 0.887. The minimum Gasteiger partial charge on any atom is -0.382 e. The van der Waals surface area contributed by atoms with E-state index in [0.29, 0.717) is 22.9 Å². The topological polar surface area (TPSA) is 85.1 Å². The summed E-state index contributed by atoms with van der Waals surface area (Å²) in [5, 5.41) is 3.83. The third kappa shape index (κ3) is 2.77. The fourth-order valence-electron chi connectivity index (χ4n) is 3.16. The Kier molecular flexibility index (Phi) is 3.90. The van der Waals surface area contributed by atoms with Crippen molar-refractivity contribution in [3.63, 3.8) is 0 Å². The van der Waals surface area contributed by atoms with Crippen molar-refractivity contribution in [3.05, 3.63) is 0 Å². The third-order valence-corrected chi connectivity index (χ3v) is 8.20. The number of nitrogens with two attached hydrogens (primary N) is 1. The second-order valence-corrected chi connectivity index (χ2v) is 9.43. The molecule has 5 nitrogen and oxygen atoms in total. The van der Waals surface area contributed by atoms with E-state index in [0.717, 1.165) is 19.3 Å². The zero-order valence-corrected chi connectivity index (χ0v) is 14.1. The van der Waals surface area contributed by atoms with Gasteiger partial charge in [0, 0.05) is 6.04 Å². The molecule has 7 heteroatoms. The highest BCUT2D eigenvalue weighted by Crippen LogP contribution is 2.42. The summed E-state index contributed by atoms with van der Waals surface area (Å²) in [7, 11) is -3.31. The molecule has 3 atom stereocenters. The number of rotatable bonds is 4. The Morgan fingerprint density at radius 2 is 1.95 bits per heavy atom. The van der Waals surface area contributed by atoms with Gasteiger partial charge in [0.2, 0.25) is 0 Å². The molecule has 0 aromatic carbocycles. The predicted molar refractivity (Wildman–Crippen MR) is 86.3 cm³/mol. The van der Waals surface area contributed by atoms with Crippen molar-refractivity contribution in [2.24, 2.45) is 11.8 Å². The molecule has 3 N–H and O–H groups in total. The minimum atomic E-state index is -3.31. The number of anilines is 2. The first-order valence-electron chi connectivity index (χ1n) is 7.67. The molecular weight excluding hydrogens is 306 g/mol. The second-order valence-electron chi connectivity index (χ2n) is 6.49. The standard InChI is InChI=1S/C14H23N3O2S2/c1-8-4-3-5-11(9(8)2)16-14-12(13(15)17-20-14)21(18,19)10-6-7-10/h8-11,16H,3-7H2,1-2H3,(H2,15,17). The van der Waals surface area contributed by atoms with Gasteiger partial charge < -0.3 is 11.1 Å². The predicted octanol–water partition coefficient (Wildman–Crippen LogP) is 2.90. The summed E-state index contributed by atoms with van der Waals surface area (Å²) in [4.78, 5) is 0.250. The lowest BCUT2D eigenvalue weighted by Gasteiger charge is -2.34. The van der Waals surface area contributed by atoms with Crippen LogP contribution in [0.25, 0.3) is 0 Å². The fraction of sp³-hybridized carbons (Fsp3) is 0.786. The molecule has 2 fully saturated rings. The Balaban J connectivity index is 1.86. The Hall–Kier alpha value is -0.820. The first-order valence-corrected chi connectivity index (χ1v) is 9.98. The summed E-state index contributed by atoms with van der Waals surface area (Å²) in [6, 6.07) is 0.307. The minimum absolute atomic E-state index is 0.158. The summed E-state index contributed by atoms with van der Waals surface area (Å²) >= 11 is 1.18. The molecule has 1 heterocycles. The molecule has 0 spiro atoms. The lowest BCUT2D eigenvalue weighted by atomic mass is 9.78. The first-order chi connectivity index (χ1) is 9.91. The molecule has 21 heavy (non-hydrogen) atoms. The number of sulfone groups is 1. The van der Waals surface area contributed by atoms with E-state index in [2.05, 4.69) is 23.5 Å².